The molecule has 3 aromatic rings. The minimum Gasteiger partial charge on any atom is -0.298 e. The number of aryl methyl sites for hydroxylation is 1. The van der Waals surface area contributed by atoms with Crippen LogP contribution in [0.1, 0.15) is 97.2 Å². The first-order valence-electron chi connectivity index (χ1n) is 13.7. The van der Waals surface area contributed by atoms with Crippen LogP contribution in [-0.2, 0) is 31.1 Å². The third-order valence-corrected chi connectivity index (χ3v) is 7.69. The molecule has 1 aliphatic carbocycles. The molecule has 36 heavy (non-hydrogen) atoms. The van der Waals surface area contributed by atoms with E-state index in [1.165, 1.54) is 53.6 Å². The van der Waals surface area contributed by atoms with Crippen molar-refractivity contribution in [3.8, 4) is 17.2 Å². The summed E-state index contributed by atoms with van der Waals surface area (Å²) in [6.45, 7) is 4.48. The third-order valence-electron chi connectivity index (χ3n) is 7.69. The normalized spacial score (nSPS) is 16.5. The highest BCUT2D eigenvalue weighted by Gasteiger charge is 2.43. The molecule has 1 heterocycles. The van der Waals surface area contributed by atoms with E-state index in [-0.39, 0.29) is 0 Å². The predicted molar refractivity (Wildman–Crippen MR) is 147 cm³/mol. The number of hydrogen-bond acceptors (Lipinski definition) is 3. The highest BCUT2D eigenvalue weighted by Crippen LogP contribution is 2.46. The first-order valence-corrected chi connectivity index (χ1v) is 13.7. The van der Waals surface area contributed by atoms with Crippen molar-refractivity contribution in [2.75, 3.05) is 0 Å². The quantitative estimate of drug-likeness (QED) is 0.196. The van der Waals surface area contributed by atoms with Crippen LogP contribution >= 0.6 is 0 Å². The number of rotatable bonds is 12. The van der Waals surface area contributed by atoms with E-state index < -0.39 is 5.41 Å². The number of hydrogen-bond donors (Lipinski definition) is 0. The van der Waals surface area contributed by atoms with Gasteiger partial charge in [0, 0.05) is 11.3 Å². The summed E-state index contributed by atoms with van der Waals surface area (Å²) in [5.74, 6) is 0. The molecule has 0 radical (unpaired) electrons. The molecule has 0 spiro atoms. The van der Waals surface area contributed by atoms with Crippen LogP contribution in [0.25, 0.3) is 11.1 Å². The molecule has 1 aromatic heterocycles. The summed E-state index contributed by atoms with van der Waals surface area (Å²) < 4.78 is 0. The number of carbonyl (C=O) groups is 1. The van der Waals surface area contributed by atoms with E-state index in [9.17, 15) is 10.1 Å². The standard InChI is InChI=1S/C33H38N2O/c1-3-5-8-14-28-30(15-9-6-4-2)35-32-29(31(28)27-18-16-26(23-36)17-19-27)20-21-33(32,24-34)22-25-12-10-7-11-13-25/h7,10-13,16-19,23H,3-6,8-9,14-15,20-22H2,1-2H3. The lowest BCUT2D eigenvalue weighted by Gasteiger charge is -2.25. The molecule has 1 aliphatic rings. The van der Waals surface area contributed by atoms with Gasteiger partial charge < -0.3 is 0 Å². The molecule has 4 rings (SSSR count). The van der Waals surface area contributed by atoms with Crippen molar-refractivity contribution in [1.29, 1.82) is 5.26 Å². The van der Waals surface area contributed by atoms with E-state index in [0.717, 1.165) is 56.1 Å². The molecule has 0 fully saturated rings. The Morgan fingerprint density at radius 2 is 1.64 bits per heavy atom. The van der Waals surface area contributed by atoms with Gasteiger partial charge in [-0.2, -0.15) is 5.26 Å². The Morgan fingerprint density at radius 1 is 0.944 bits per heavy atom. The second kappa shape index (κ2) is 12.1. The van der Waals surface area contributed by atoms with E-state index in [1.54, 1.807) is 0 Å². The molecular weight excluding hydrogens is 440 g/mol. The Bertz CT molecular complexity index is 1210. The van der Waals surface area contributed by atoms with Crippen LogP contribution in [0.4, 0.5) is 0 Å². The molecule has 0 bridgehead atoms. The van der Waals surface area contributed by atoms with Gasteiger partial charge in [0.15, 0.2) is 0 Å². The number of nitrogens with zero attached hydrogens (tertiary/aromatic N) is 2. The zero-order valence-electron chi connectivity index (χ0n) is 21.9. The SMILES string of the molecule is CCCCCc1nc2c(c(-c3ccc(C=O)cc3)c1CCCCC)CCC2(C#N)Cc1ccccc1. The zero-order valence-corrected chi connectivity index (χ0v) is 21.9. The number of carbonyl (C=O) groups excluding carboxylic acids is 1. The van der Waals surface area contributed by atoms with Crippen LogP contribution in [0, 0.1) is 11.3 Å². The van der Waals surface area contributed by atoms with E-state index in [4.69, 9.17) is 4.98 Å². The van der Waals surface area contributed by atoms with Gasteiger partial charge in [-0.1, -0.05) is 94.1 Å². The maximum Gasteiger partial charge on any atom is 0.150 e. The summed E-state index contributed by atoms with van der Waals surface area (Å²) in [6, 6.07) is 21.1. The fourth-order valence-corrected chi connectivity index (χ4v) is 5.72. The highest BCUT2D eigenvalue weighted by atomic mass is 16.1. The maximum absolute atomic E-state index is 11.3. The van der Waals surface area contributed by atoms with Crippen molar-refractivity contribution in [1.82, 2.24) is 4.98 Å². The molecule has 1 unspecified atom stereocenters. The molecule has 0 saturated carbocycles. The van der Waals surface area contributed by atoms with Gasteiger partial charge in [0.1, 0.15) is 11.7 Å². The average Bonchev–Trinajstić information content (AvgIpc) is 3.27. The Morgan fingerprint density at radius 3 is 2.28 bits per heavy atom. The Labute approximate surface area is 216 Å². The molecule has 0 amide bonds. The number of nitriles is 1. The van der Waals surface area contributed by atoms with Crippen LogP contribution in [0.5, 0.6) is 0 Å². The average molecular weight is 479 g/mol. The Hall–Kier alpha value is -3.25. The molecule has 0 saturated heterocycles. The monoisotopic (exact) mass is 478 g/mol. The van der Waals surface area contributed by atoms with Crippen LogP contribution in [0.2, 0.25) is 0 Å². The molecular formula is C33H38N2O. The number of fused-ring (bicyclic) bond motifs is 1. The van der Waals surface area contributed by atoms with Gasteiger partial charge in [0.2, 0.25) is 0 Å². The Balaban J connectivity index is 1.90. The number of unbranched alkanes of at least 4 members (excludes halogenated alkanes) is 4. The second-order valence-electron chi connectivity index (χ2n) is 10.2. The zero-order chi connectivity index (χ0) is 25.4. The number of pyridine rings is 1. The number of aromatic nitrogens is 1. The molecule has 0 N–H and O–H groups in total. The minimum absolute atomic E-state index is 0.602. The largest absolute Gasteiger partial charge is 0.298 e. The summed E-state index contributed by atoms with van der Waals surface area (Å²) >= 11 is 0. The van der Waals surface area contributed by atoms with Crippen molar-refractivity contribution in [2.45, 2.75) is 89.9 Å². The van der Waals surface area contributed by atoms with Gasteiger partial charge in [-0.15, -0.1) is 0 Å². The van der Waals surface area contributed by atoms with E-state index in [2.05, 4.69) is 56.3 Å². The lowest BCUT2D eigenvalue weighted by molar-refractivity contribution is 0.112. The maximum atomic E-state index is 11.3. The van der Waals surface area contributed by atoms with Crippen LogP contribution in [-0.4, -0.2) is 11.3 Å². The lowest BCUT2D eigenvalue weighted by Crippen LogP contribution is -2.26. The first kappa shape index (κ1) is 25.8. The molecule has 186 valence electrons. The predicted octanol–water partition coefficient (Wildman–Crippen LogP) is 7.98. The fraction of sp³-hybridized carbons (Fsp3) is 0.424. The second-order valence-corrected chi connectivity index (χ2v) is 10.2. The van der Waals surface area contributed by atoms with E-state index in [1.807, 2.05) is 18.2 Å². The van der Waals surface area contributed by atoms with Crippen molar-refractivity contribution >= 4 is 6.29 Å². The smallest absolute Gasteiger partial charge is 0.150 e. The summed E-state index contributed by atoms with van der Waals surface area (Å²) in [5, 5.41) is 10.6. The van der Waals surface area contributed by atoms with Gasteiger partial charge in [-0.05, 0) is 72.8 Å². The van der Waals surface area contributed by atoms with Gasteiger partial charge in [0.25, 0.3) is 0 Å². The van der Waals surface area contributed by atoms with Gasteiger partial charge in [-0.3, -0.25) is 9.78 Å². The van der Waals surface area contributed by atoms with Crippen LogP contribution < -0.4 is 0 Å². The molecule has 0 aliphatic heterocycles. The van der Waals surface area contributed by atoms with E-state index >= 15 is 0 Å². The van der Waals surface area contributed by atoms with Crippen molar-refractivity contribution in [2.24, 2.45) is 0 Å². The van der Waals surface area contributed by atoms with E-state index in [0.29, 0.717) is 12.0 Å². The number of aldehydes is 1. The molecule has 1 atom stereocenters. The van der Waals surface area contributed by atoms with Crippen LogP contribution in [0.3, 0.4) is 0 Å². The molecule has 3 nitrogen and oxygen atoms in total. The molecule has 3 heteroatoms. The summed E-state index contributed by atoms with van der Waals surface area (Å²) in [4.78, 5) is 16.7. The van der Waals surface area contributed by atoms with Gasteiger partial charge >= 0.3 is 0 Å². The van der Waals surface area contributed by atoms with Gasteiger partial charge in [-0.25, -0.2) is 0 Å². The van der Waals surface area contributed by atoms with Crippen molar-refractivity contribution in [3.63, 3.8) is 0 Å². The third kappa shape index (κ3) is 5.44. The minimum atomic E-state index is -0.602. The van der Waals surface area contributed by atoms with Gasteiger partial charge in [0.05, 0.1) is 11.8 Å². The van der Waals surface area contributed by atoms with Crippen molar-refractivity contribution < 1.29 is 4.79 Å². The molecule has 2 aromatic carbocycles. The lowest BCUT2D eigenvalue weighted by atomic mass is 9.79. The summed E-state index contributed by atoms with van der Waals surface area (Å²) in [5.41, 5.74) is 8.50. The fourth-order valence-electron chi connectivity index (χ4n) is 5.72. The first-order chi connectivity index (χ1) is 17.7. The topological polar surface area (TPSA) is 53.8 Å². The number of benzene rings is 2. The Kier molecular flexibility index (Phi) is 8.70. The summed E-state index contributed by atoms with van der Waals surface area (Å²) in [6.07, 6.45) is 12.2. The van der Waals surface area contributed by atoms with Crippen LogP contribution in [0.15, 0.2) is 54.6 Å². The highest BCUT2D eigenvalue weighted by molar-refractivity contribution is 5.79. The summed E-state index contributed by atoms with van der Waals surface area (Å²) in [7, 11) is 0. The van der Waals surface area contributed by atoms with Crippen molar-refractivity contribution in [3.05, 3.63) is 88.2 Å².